The van der Waals surface area contributed by atoms with Crippen LogP contribution in [0.2, 0.25) is 5.15 Å². The number of anilines is 1. The third-order valence-corrected chi connectivity index (χ3v) is 3.54. The van der Waals surface area contributed by atoms with Crippen LogP contribution in [0.4, 0.5) is 5.82 Å². The lowest BCUT2D eigenvalue weighted by Gasteiger charge is -2.16. The second-order valence-corrected chi connectivity index (χ2v) is 5.19. The second-order valence-electron chi connectivity index (χ2n) is 4.80. The lowest BCUT2D eigenvalue weighted by Crippen LogP contribution is -2.19. The topological polar surface area (TPSA) is 24.9 Å². The number of nitrogens with one attached hydrogen (secondary N) is 1. The van der Waals surface area contributed by atoms with Crippen LogP contribution >= 0.6 is 11.6 Å². The Kier molecular flexibility index (Phi) is 4.05. The third-order valence-electron chi connectivity index (χ3n) is 3.32. The fraction of sp³-hybridized carbons (Fsp3) is 0.615. The minimum atomic E-state index is 0.562. The van der Waals surface area contributed by atoms with Crippen molar-refractivity contribution in [1.82, 2.24) is 4.98 Å². The highest BCUT2D eigenvalue weighted by atomic mass is 35.5. The fourth-order valence-electron chi connectivity index (χ4n) is 2.33. The molecule has 1 saturated carbocycles. The molecule has 2 rings (SSSR count). The van der Waals surface area contributed by atoms with Crippen LogP contribution < -0.4 is 5.32 Å². The van der Waals surface area contributed by atoms with Crippen molar-refractivity contribution < 1.29 is 0 Å². The Hall–Kier alpha value is -0.760. The molecule has 1 heterocycles. The van der Waals surface area contributed by atoms with E-state index in [2.05, 4.69) is 17.2 Å². The lowest BCUT2D eigenvalue weighted by molar-refractivity contribution is 0.502. The lowest BCUT2D eigenvalue weighted by atomic mass is 10.0. The quantitative estimate of drug-likeness (QED) is 0.620. The maximum absolute atomic E-state index is 5.87. The zero-order valence-corrected chi connectivity index (χ0v) is 10.5. The molecule has 1 aliphatic carbocycles. The average Bonchev–Trinajstić information content (AvgIpc) is 2.44. The Balaban J connectivity index is 1.93. The molecule has 1 aromatic heterocycles. The zero-order chi connectivity index (χ0) is 11.4. The first-order valence-corrected chi connectivity index (χ1v) is 6.51. The Morgan fingerprint density at radius 3 is 2.94 bits per heavy atom. The molecule has 2 atom stereocenters. The van der Waals surface area contributed by atoms with Gasteiger partial charge >= 0.3 is 0 Å². The van der Waals surface area contributed by atoms with E-state index < -0.39 is 0 Å². The van der Waals surface area contributed by atoms with Crippen molar-refractivity contribution in [2.24, 2.45) is 5.92 Å². The minimum absolute atomic E-state index is 0.562. The van der Waals surface area contributed by atoms with Crippen molar-refractivity contribution >= 4 is 17.4 Å². The summed E-state index contributed by atoms with van der Waals surface area (Å²) in [5.41, 5.74) is 0. The van der Waals surface area contributed by atoms with Gasteiger partial charge in [-0.1, -0.05) is 37.4 Å². The largest absolute Gasteiger partial charge is 0.367 e. The number of halogens is 1. The molecule has 1 fully saturated rings. The summed E-state index contributed by atoms with van der Waals surface area (Å²) in [5.74, 6) is 1.78. The Morgan fingerprint density at radius 2 is 2.12 bits per heavy atom. The van der Waals surface area contributed by atoms with E-state index in [1.54, 1.807) is 0 Å². The fourth-order valence-corrected chi connectivity index (χ4v) is 2.49. The van der Waals surface area contributed by atoms with Crippen molar-refractivity contribution in [2.45, 2.75) is 45.1 Å². The highest BCUT2D eigenvalue weighted by Gasteiger charge is 2.16. The molecule has 1 aliphatic rings. The van der Waals surface area contributed by atoms with Crippen molar-refractivity contribution in [3.63, 3.8) is 0 Å². The summed E-state index contributed by atoms with van der Waals surface area (Å²) in [6.07, 6.45) is 6.49. The van der Waals surface area contributed by atoms with E-state index in [1.807, 2.05) is 18.2 Å². The molecule has 0 radical (unpaired) electrons. The van der Waals surface area contributed by atoms with Crippen LogP contribution in [-0.2, 0) is 0 Å². The van der Waals surface area contributed by atoms with Crippen LogP contribution in [0.1, 0.15) is 39.0 Å². The van der Waals surface area contributed by atoms with Crippen LogP contribution in [-0.4, -0.2) is 11.0 Å². The van der Waals surface area contributed by atoms with Crippen molar-refractivity contribution in [3.05, 3.63) is 23.4 Å². The predicted octanol–water partition coefficient (Wildman–Crippen LogP) is 4.12. The molecule has 2 nitrogen and oxygen atoms in total. The Morgan fingerprint density at radius 1 is 1.25 bits per heavy atom. The molecular weight excluding hydrogens is 220 g/mol. The molecule has 1 N–H and O–H groups in total. The Labute approximate surface area is 102 Å². The van der Waals surface area contributed by atoms with Gasteiger partial charge in [0.25, 0.3) is 0 Å². The van der Waals surface area contributed by atoms with Crippen LogP contribution in [0.25, 0.3) is 0 Å². The standard InChI is InChI=1S/C13H19ClN2/c1-10-4-2-5-11(9-8-10)15-13-7-3-6-12(14)16-13/h3,6-7,10-11H,2,4-5,8-9H2,1H3,(H,15,16). The maximum atomic E-state index is 5.87. The summed E-state index contributed by atoms with van der Waals surface area (Å²) in [4.78, 5) is 4.27. The van der Waals surface area contributed by atoms with Gasteiger partial charge in [0.2, 0.25) is 0 Å². The highest BCUT2D eigenvalue weighted by molar-refractivity contribution is 6.29. The minimum Gasteiger partial charge on any atom is -0.367 e. The van der Waals surface area contributed by atoms with Gasteiger partial charge in [0.05, 0.1) is 0 Å². The van der Waals surface area contributed by atoms with Gasteiger partial charge in [-0.3, -0.25) is 0 Å². The maximum Gasteiger partial charge on any atom is 0.131 e. The number of hydrogen-bond donors (Lipinski definition) is 1. The highest BCUT2D eigenvalue weighted by Crippen LogP contribution is 2.24. The van der Waals surface area contributed by atoms with E-state index >= 15 is 0 Å². The molecule has 0 aliphatic heterocycles. The van der Waals surface area contributed by atoms with E-state index in [0.29, 0.717) is 11.2 Å². The zero-order valence-electron chi connectivity index (χ0n) is 9.75. The third kappa shape index (κ3) is 3.38. The number of pyridine rings is 1. The van der Waals surface area contributed by atoms with Gasteiger partial charge in [0.1, 0.15) is 11.0 Å². The number of rotatable bonds is 2. The van der Waals surface area contributed by atoms with E-state index in [9.17, 15) is 0 Å². The summed E-state index contributed by atoms with van der Waals surface area (Å²) in [6, 6.07) is 6.30. The summed E-state index contributed by atoms with van der Waals surface area (Å²) in [6.45, 7) is 2.35. The van der Waals surface area contributed by atoms with E-state index in [4.69, 9.17) is 11.6 Å². The molecule has 0 spiro atoms. The molecule has 0 amide bonds. The molecule has 88 valence electrons. The van der Waals surface area contributed by atoms with E-state index in [-0.39, 0.29) is 0 Å². The molecule has 0 bridgehead atoms. The average molecular weight is 239 g/mol. The predicted molar refractivity (Wildman–Crippen MR) is 68.9 cm³/mol. The first kappa shape index (κ1) is 11.7. The van der Waals surface area contributed by atoms with Crippen LogP contribution in [0.3, 0.4) is 0 Å². The van der Waals surface area contributed by atoms with Crippen LogP contribution in [0.15, 0.2) is 18.2 Å². The van der Waals surface area contributed by atoms with Crippen LogP contribution in [0.5, 0.6) is 0 Å². The molecule has 1 aromatic rings. The summed E-state index contributed by atoms with van der Waals surface area (Å²) < 4.78 is 0. The normalized spacial score (nSPS) is 26.1. The molecule has 2 unspecified atom stereocenters. The summed E-state index contributed by atoms with van der Waals surface area (Å²) >= 11 is 5.87. The second kappa shape index (κ2) is 5.53. The van der Waals surface area contributed by atoms with Gasteiger partial charge < -0.3 is 5.32 Å². The van der Waals surface area contributed by atoms with Crippen molar-refractivity contribution in [2.75, 3.05) is 5.32 Å². The van der Waals surface area contributed by atoms with E-state index in [1.165, 1.54) is 32.1 Å². The molecule has 3 heteroatoms. The van der Waals surface area contributed by atoms with E-state index in [0.717, 1.165) is 11.7 Å². The molecule has 0 aromatic carbocycles. The van der Waals surface area contributed by atoms with Gasteiger partial charge in [0, 0.05) is 6.04 Å². The van der Waals surface area contributed by atoms with Gasteiger partial charge in [-0.15, -0.1) is 0 Å². The summed E-state index contributed by atoms with van der Waals surface area (Å²) in [7, 11) is 0. The van der Waals surface area contributed by atoms with Gasteiger partial charge in [-0.05, 0) is 37.3 Å². The number of nitrogens with zero attached hydrogens (tertiary/aromatic N) is 1. The molecular formula is C13H19ClN2. The monoisotopic (exact) mass is 238 g/mol. The van der Waals surface area contributed by atoms with Gasteiger partial charge in [-0.2, -0.15) is 0 Å². The SMILES string of the molecule is CC1CCCC(Nc2cccc(Cl)n2)CC1. The first-order chi connectivity index (χ1) is 7.74. The Bertz CT molecular complexity index is 340. The smallest absolute Gasteiger partial charge is 0.131 e. The first-order valence-electron chi connectivity index (χ1n) is 6.13. The van der Waals surface area contributed by atoms with Crippen LogP contribution in [0, 0.1) is 5.92 Å². The van der Waals surface area contributed by atoms with Crippen molar-refractivity contribution in [1.29, 1.82) is 0 Å². The number of aromatic nitrogens is 1. The number of hydrogen-bond acceptors (Lipinski definition) is 2. The van der Waals surface area contributed by atoms with Gasteiger partial charge in [-0.25, -0.2) is 4.98 Å². The molecule has 16 heavy (non-hydrogen) atoms. The van der Waals surface area contributed by atoms with Gasteiger partial charge in [0.15, 0.2) is 0 Å². The summed E-state index contributed by atoms with van der Waals surface area (Å²) in [5, 5.41) is 4.05. The van der Waals surface area contributed by atoms with Crippen molar-refractivity contribution in [3.8, 4) is 0 Å². The molecule has 0 saturated heterocycles.